The minimum atomic E-state index is -1.03. The quantitative estimate of drug-likeness (QED) is 0.711. The highest BCUT2D eigenvalue weighted by molar-refractivity contribution is 7.13. The van der Waals surface area contributed by atoms with Crippen LogP contribution in [0.5, 0.6) is 0 Å². The topological polar surface area (TPSA) is 105 Å². The molecule has 2 rings (SSSR count). The third-order valence-electron chi connectivity index (χ3n) is 3.61. The maximum atomic E-state index is 12.1. The van der Waals surface area contributed by atoms with E-state index in [4.69, 9.17) is 10.8 Å². The summed E-state index contributed by atoms with van der Waals surface area (Å²) in [5.74, 6) is -1.57. The number of carbonyl (C=O) groups is 2. The monoisotopic (exact) mass is 347 g/mol. The summed E-state index contributed by atoms with van der Waals surface area (Å²) in [7, 11) is 0. The van der Waals surface area contributed by atoms with Gasteiger partial charge in [-0.3, -0.25) is 4.79 Å². The summed E-state index contributed by atoms with van der Waals surface area (Å²) in [6.45, 7) is 3.92. The second-order valence-electron chi connectivity index (χ2n) is 5.81. The molecule has 0 aliphatic carbocycles. The number of benzene rings is 1. The normalized spacial score (nSPS) is 12.2. The zero-order chi connectivity index (χ0) is 17.7. The number of nitrogens with one attached hydrogen (secondary N) is 1. The standard InChI is InChI=1S/C17H21N3O3S/c1-10(2)15(17(22)23)20-14(21)7-12-9-24-16(19-12)13-6-4-3-5-11(13)8-18/h3-6,9-10,15H,7-8,18H2,1-2H3,(H,20,21)(H,22,23). The molecular weight excluding hydrogens is 326 g/mol. The van der Waals surface area contributed by atoms with Crippen molar-refractivity contribution in [3.63, 3.8) is 0 Å². The summed E-state index contributed by atoms with van der Waals surface area (Å²) < 4.78 is 0. The molecule has 0 radical (unpaired) electrons. The lowest BCUT2D eigenvalue weighted by Gasteiger charge is -2.17. The van der Waals surface area contributed by atoms with Crippen LogP contribution < -0.4 is 11.1 Å². The minimum absolute atomic E-state index is 0.0534. The van der Waals surface area contributed by atoms with Crippen LogP contribution in [0.2, 0.25) is 0 Å². The molecule has 1 atom stereocenters. The highest BCUT2D eigenvalue weighted by Gasteiger charge is 2.23. The first-order valence-corrected chi connectivity index (χ1v) is 8.55. The van der Waals surface area contributed by atoms with E-state index in [2.05, 4.69) is 10.3 Å². The number of nitrogens with two attached hydrogens (primary N) is 1. The number of thiazole rings is 1. The molecule has 0 saturated carbocycles. The molecule has 128 valence electrons. The van der Waals surface area contributed by atoms with E-state index in [-0.39, 0.29) is 18.2 Å². The van der Waals surface area contributed by atoms with Gasteiger partial charge in [-0.2, -0.15) is 0 Å². The fraction of sp³-hybridized carbons (Fsp3) is 0.353. The number of aromatic nitrogens is 1. The van der Waals surface area contributed by atoms with Crippen molar-refractivity contribution < 1.29 is 14.7 Å². The molecule has 0 saturated heterocycles. The maximum Gasteiger partial charge on any atom is 0.326 e. The number of carboxylic acid groups (broad SMARTS) is 1. The Labute approximate surface area is 144 Å². The van der Waals surface area contributed by atoms with Gasteiger partial charge < -0.3 is 16.2 Å². The van der Waals surface area contributed by atoms with Crippen LogP contribution in [0.1, 0.15) is 25.1 Å². The number of hydrogen-bond acceptors (Lipinski definition) is 5. The Hall–Kier alpha value is -2.25. The molecule has 0 bridgehead atoms. The lowest BCUT2D eigenvalue weighted by molar-refractivity contribution is -0.143. The fourth-order valence-electron chi connectivity index (χ4n) is 2.32. The summed E-state index contributed by atoms with van der Waals surface area (Å²) in [5.41, 5.74) is 8.32. The second kappa shape index (κ2) is 8.03. The smallest absolute Gasteiger partial charge is 0.326 e. The van der Waals surface area contributed by atoms with Crippen LogP contribution in [0.15, 0.2) is 29.6 Å². The third kappa shape index (κ3) is 4.39. The van der Waals surface area contributed by atoms with Crippen LogP contribution in [-0.2, 0) is 22.6 Å². The van der Waals surface area contributed by atoms with E-state index in [9.17, 15) is 9.59 Å². The average Bonchev–Trinajstić information content (AvgIpc) is 3.00. The summed E-state index contributed by atoms with van der Waals surface area (Å²) >= 11 is 1.44. The van der Waals surface area contributed by atoms with Gasteiger partial charge in [0.15, 0.2) is 0 Å². The molecule has 24 heavy (non-hydrogen) atoms. The fourth-order valence-corrected chi connectivity index (χ4v) is 3.20. The van der Waals surface area contributed by atoms with Crippen molar-refractivity contribution in [1.29, 1.82) is 0 Å². The van der Waals surface area contributed by atoms with Crippen LogP contribution in [0.3, 0.4) is 0 Å². The van der Waals surface area contributed by atoms with E-state index in [1.807, 2.05) is 29.6 Å². The predicted octanol–water partition coefficient (Wildman–Crippen LogP) is 2.04. The molecule has 1 amide bonds. The van der Waals surface area contributed by atoms with Gasteiger partial charge >= 0.3 is 5.97 Å². The molecule has 2 aromatic rings. The number of carbonyl (C=O) groups excluding carboxylic acids is 1. The third-order valence-corrected chi connectivity index (χ3v) is 4.53. The van der Waals surface area contributed by atoms with Crippen LogP contribution in [0, 0.1) is 5.92 Å². The largest absolute Gasteiger partial charge is 0.480 e. The van der Waals surface area contributed by atoms with Crippen molar-refractivity contribution in [2.24, 2.45) is 11.7 Å². The Balaban J connectivity index is 2.08. The molecule has 1 aromatic carbocycles. The zero-order valence-electron chi connectivity index (χ0n) is 13.7. The summed E-state index contributed by atoms with van der Waals surface area (Å²) in [5, 5.41) is 14.3. The number of rotatable bonds is 7. The molecule has 6 nitrogen and oxygen atoms in total. The number of hydrogen-bond donors (Lipinski definition) is 3. The van der Waals surface area contributed by atoms with Gasteiger partial charge in [0.1, 0.15) is 11.0 Å². The molecule has 1 unspecified atom stereocenters. The minimum Gasteiger partial charge on any atom is -0.480 e. The average molecular weight is 347 g/mol. The van der Waals surface area contributed by atoms with Crippen molar-refractivity contribution in [1.82, 2.24) is 10.3 Å². The lowest BCUT2D eigenvalue weighted by Crippen LogP contribution is -2.44. The van der Waals surface area contributed by atoms with Crippen molar-refractivity contribution in [3.05, 3.63) is 40.9 Å². The Kier molecular flexibility index (Phi) is 6.05. The maximum absolute atomic E-state index is 12.1. The molecule has 1 heterocycles. The molecule has 1 aromatic heterocycles. The van der Waals surface area contributed by atoms with E-state index < -0.39 is 12.0 Å². The van der Waals surface area contributed by atoms with E-state index in [0.29, 0.717) is 12.2 Å². The van der Waals surface area contributed by atoms with E-state index in [0.717, 1.165) is 16.1 Å². The van der Waals surface area contributed by atoms with Gasteiger partial charge in [0.05, 0.1) is 12.1 Å². The molecule has 4 N–H and O–H groups in total. The van der Waals surface area contributed by atoms with Crippen LogP contribution in [-0.4, -0.2) is 28.0 Å². The van der Waals surface area contributed by atoms with E-state index in [1.165, 1.54) is 11.3 Å². The van der Waals surface area contributed by atoms with Gasteiger partial charge in [-0.1, -0.05) is 38.1 Å². The Morgan fingerprint density at radius 2 is 2.04 bits per heavy atom. The van der Waals surface area contributed by atoms with E-state index >= 15 is 0 Å². The predicted molar refractivity (Wildman–Crippen MR) is 93.5 cm³/mol. The van der Waals surface area contributed by atoms with E-state index in [1.54, 1.807) is 13.8 Å². The first kappa shape index (κ1) is 18.1. The van der Waals surface area contributed by atoms with Crippen molar-refractivity contribution >= 4 is 23.2 Å². The van der Waals surface area contributed by atoms with Gasteiger partial charge in [-0.15, -0.1) is 11.3 Å². The van der Waals surface area contributed by atoms with Crippen molar-refractivity contribution in [2.45, 2.75) is 32.9 Å². The molecule has 0 aliphatic heterocycles. The second-order valence-corrected chi connectivity index (χ2v) is 6.67. The Morgan fingerprint density at radius 3 is 2.67 bits per heavy atom. The number of aliphatic carboxylic acids is 1. The van der Waals surface area contributed by atoms with Crippen molar-refractivity contribution in [3.8, 4) is 10.6 Å². The SMILES string of the molecule is CC(C)C(NC(=O)Cc1csc(-c2ccccc2CN)n1)C(=O)O. The molecular formula is C17H21N3O3S. The molecule has 0 fully saturated rings. The first-order valence-electron chi connectivity index (χ1n) is 7.67. The number of nitrogens with zero attached hydrogens (tertiary/aromatic N) is 1. The number of carboxylic acids is 1. The highest BCUT2D eigenvalue weighted by Crippen LogP contribution is 2.27. The van der Waals surface area contributed by atoms with Crippen molar-refractivity contribution in [2.75, 3.05) is 0 Å². The Morgan fingerprint density at radius 1 is 1.33 bits per heavy atom. The molecule has 7 heteroatoms. The zero-order valence-corrected chi connectivity index (χ0v) is 14.5. The van der Waals surface area contributed by atoms with Crippen LogP contribution in [0.4, 0.5) is 0 Å². The van der Waals surface area contributed by atoms with Gasteiger partial charge in [-0.25, -0.2) is 9.78 Å². The number of amides is 1. The van der Waals surface area contributed by atoms with Gasteiger partial charge in [0, 0.05) is 17.5 Å². The van der Waals surface area contributed by atoms with Crippen LogP contribution >= 0.6 is 11.3 Å². The molecule has 0 aliphatic rings. The highest BCUT2D eigenvalue weighted by atomic mass is 32.1. The lowest BCUT2D eigenvalue weighted by atomic mass is 10.0. The summed E-state index contributed by atoms with van der Waals surface area (Å²) in [6.07, 6.45) is 0.0534. The van der Waals surface area contributed by atoms with Gasteiger partial charge in [0.25, 0.3) is 0 Å². The van der Waals surface area contributed by atoms with Gasteiger partial charge in [0.2, 0.25) is 5.91 Å². The van der Waals surface area contributed by atoms with Gasteiger partial charge in [-0.05, 0) is 11.5 Å². The Bertz CT molecular complexity index is 727. The summed E-state index contributed by atoms with van der Waals surface area (Å²) in [6, 6.07) is 6.84. The van der Waals surface area contributed by atoms with Crippen LogP contribution in [0.25, 0.3) is 10.6 Å². The molecule has 0 spiro atoms. The summed E-state index contributed by atoms with van der Waals surface area (Å²) in [4.78, 5) is 27.7. The first-order chi connectivity index (χ1) is 11.4.